The first kappa shape index (κ1) is 9.04. The van der Waals surface area contributed by atoms with E-state index in [1.165, 1.54) is 12.8 Å². The van der Waals surface area contributed by atoms with Gasteiger partial charge in [-0.25, -0.2) is 0 Å². The Bertz CT molecular complexity index is 139. The molecular weight excluding hydrogens is 204 g/mol. The minimum Gasteiger partial charge on any atom is -0.366 e. The maximum absolute atomic E-state index is 6.78. The van der Waals surface area contributed by atoms with E-state index in [4.69, 9.17) is 6.42 Å². The molecule has 0 radical (unpaired) electrons. The molecule has 0 saturated carbocycles. The van der Waals surface area contributed by atoms with Crippen LogP contribution < -0.4 is 0 Å². The van der Waals surface area contributed by atoms with Crippen LogP contribution in [-0.4, -0.2) is 0 Å². The van der Waals surface area contributed by atoms with E-state index in [2.05, 4.69) is 12.0 Å². The summed E-state index contributed by atoms with van der Waals surface area (Å²) in [4.78, 5) is 0. The van der Waals surface area contributed by atoms with Gasteiger partial charge in [0.25, 0.3) is 0 Å². The van der Waals surface area contributed by atoms with Crippen LogP contribution in [0.1, 0.15) is 25.7 Å². The van der Waals surface area contributed by atoms with Crippen LogP contribution in [0.3, 0.4) is 0 Å². The minimum atomic E-state index is 0. The molecule has 0 bridgehead atoms. The smallest absolute Gasteiger partial charge is 0.366 e. The Hall–Kier alpha value is 0.0403. The molecule has 0 heterocycles. The van der Waals surface area contributed by atoms with Gasteiger partial charge in [-0.05, 0) is 0 Å². The van der Waals surface area contributed by atoms with E-state index in [0.29, 0.717) is 0 Å². The largest absolute Gasteiger partial charge is 1.00 e. The molecule has 0 fully saturated rings. The fourth-order valence-corrected chi connectivity index (χ4v) is 0.952. The average molecular weight is 213 g/mol. The molecule has 0 aromatic carbocycles. The predicted molar refractivity (Wildman–Crippen MR) is 33.7 cm³/mol. The van der Waals surface area contributed by atoms with Crippen LogP contribution in [0.5, 0.6) is 0 Å². The zero-order valence-electron chi connectivity index (χ0n) is 5.21. The fraction of sp³-hybridized carbons (Fsp3) is 0.500. The normalized spacial score (nSPS) is 17.0. The van der Waals surface area contributed by atoms with Gasteiger partial charge >= 0.3 is 22.4 Å². The number of rotatable bonds is 0. The molecule has 0 amide bonds. The van der Waals surface area contributed by atoms with Crippen molar-refractivity contribution in [1.29, 1.82) is 0 Å². The van der Waals surface area contributed by atoms with E-state index >= 15 is 0 Å². The van der Waals surface area contributed by atoms with E-state index in [1.54, 1.807) is 0 Å². The van der Waals surface area contributed by atoms with E-state index in [0.717, 1.165) is 18.4 Å². The first-order valence-corrected chi connectivity index (χ1v) is 3.05. The molecule has 1 heteroatoms. The summed E-state index contributed by atoms with van der Waals surface area (Å²) >= 11 is 0. The molecule has 0 aromatic rings. The van der Waals surface area contributed by atoms with E-state index in [1.807, 2.05) is 0 Å². The van der Waals surface area contributed by atoms with Crippen molar-refractivity contribution in [3.05, 3.63) is 18.1 Å². The van der Waals surface area contributed by atoms with Gasteiger partial charge in [0.2, 0.25) is 0 Å². The molecule has 52 valence electrons. The predicted octanol–water partition coefficient (Wildman–Crippen LogP) is 2.07. The van der Waals surface area contributed by atoms with Gasteiger partial charge in [0.1, 0.15) is 0 Å². The summed E-state index contributed by atoms with van der Waals surface area (Å²) in [5.41, 5.74) is 1.09. The summed E-state index contributed by atoms with van der Waals surface area (Å²) < 4.78 is 0. The molecule has 1 aliphatic rings. The molecule has 1 rings (SSSR count). The van der Waals surface area contributed by atoms with Crippen LogP contribution >= 0.6 is 0 Å². The molecule has 0 aliphatic heterocycles. The molecule has 0 N–H and O–H groups in total. The summed E-state index contributed by atoms with van der Waals surface area (Å²) in [5.74, 6) is 2.42. The third-order valence-electron chi connectivity index (χ3n) is 1.45. The zero-order chi connectivity index (χ0) is 5.82. The molecule has 0 saturated heterocycles. The van der Waals surface area contributed by atoms with Crippen molar-refractivity contribution >= 4 is 0 Å². The molecule has 0 spiro atoms. The van der Waals surface area contributed by atoms with E-state index in [-0.39, 0.29) is 22.4 Å². The monoisotopic (exact) mass is 212 g/mol. The average Bonchev–Trinajstić information content (AvgIpc) is 1.90. The van der Waals surface area contributed by atoms with Gasteiger partial charge in [-0.2, -0.15) is 11.6 Å². The second-order valence-corrected chi connectivity index (χ2v) is 2.10. The van der Waals surface area contributed by atoms with Gasteiger partial charge in [0, 0.05) is 0 Å². The van der Waals surface area contributed by atoms with Gasteiger partial charge in [-0.3, -0.25) is 5.92 Å². The van der Waals surface area contributed by atoms with Crippen molar-refractivity contribution in [1.82, 2.24) is 0 Å². The van der Waals surface area contributed by atoms with Crippen LogP contribution in [-0.2, 0) is 22.4 Å². The van der Waals surface area contributed by atoms with Crippen LogP contribution in [0.25, 0.3) is 0 Å². The summed E-state index contributed by atoms with van der Waals surface area (Å²) in [6, 6.07) is 0. The molecule has 0 atom stereocenters. The van der Waals surface area contributed by atoms with Crippen LogP contribution in [0.2, 0.25) is 0 Å². The third-order valence-corrected chi connectivity index (χ3v) is 1.45. The Morgan fingerprint density at radius 3 is 2.56 bits per heavy atom. The van der Waals surface area contributed by atoms with Gasteiger partial charge in [-0.1, -0.05) is 25.7 Å². The zero-order valence-corrected chi connectivity index (χ0v) is 6.69. The summed E-state index contributed by atoms with van der Waals surface area (Å²) in [6.07, 6.45) is 13.7. The molecular formula is C8H9Ag. The van der Waals surface area contributed by atoms with Crippen LogP contribution in [0.4, 0.5) is 0 Å². The maximum atomic E-state index is 6.78. The Morgan fingerprint density at radius 2 is 2.22 bits per heavy atom. The Balaban J connectivity index is 0.000000640. The fourth-order valence-electron chi connectivity index (χ4n) is 0.952. The second-order valence-electron chi connectivity index (χ2n) is 2.10. The topological polar surface area (TPSA) is 0 Å². The van der Waals surface area contributed by atoms with Crippen LogP contribution in [0, 0.1) is 12.3 Å². The number of hydrogen-bond donors (Lipinski definition) is 0. The SMILES string of the molecule is [Ag+].[C-]#CC1=CCCCC1. The van der Waals surface area contributed by atoms with Crippen molar-refractivity contribution < 1.29 is 22.4 Å². The number of allylic oxidation sites excluding steroid dienone is 2. The molecule has 1 aliphatic carbocycles. The maximum Gasteiger partial charge on any atom is 1.00 e. The van der Waals surface area contributed by atoms with Crippen molar-refractivity contribution in [3.8, 4) is 5.92 Å². The van der Waals surface area contributed by atoms with Crippen molar-refractivity contribution in [2.24, 2.45) is 0 Å². The van der Waals surface area contributed by atoms with Crippen LogP contribution in [0.15, 0.2) is 11.6 Å². The quantitative estimate of drug-likeness (QED) is 0.328. The van der Waals surface area contributed by atoms with Crippen molar-refractivity contribution in [2.45, 2.75) is 25.7 Å². The molecule has 0 nitrogen and oxygen atoms in total. The summed E-state index contributed by atoms with van der Waals surface area (Å²) in [7, 11) is 0. The van der Waals surface area contributed by atoms with Gasteiger partial charge in [0.15, 0.2) is 0 Å². The van der Waals surface area contributed by atoms with E-state index in [9.17, 15) is 0 Å². The Labute approximate surface area is 72.2 Å². The molecule has 0 aromatic heterocycles. The summed E-state index contributed by atoms with van der Waals surface area (Å²) in [6.45, 7) is 0. The Kier molecular flexibility index (Phi) is 4.90. The van der Waals surface area contributed by atoms with E-state index < -0.39 is 0 Å². The van der Waals surface area contributed by atoms with Gasteiger partial charge < -0.3 is 6.42 Å². The van der Waals surface area contributed by atoms with Gasteiger partial charge in [-0.15, -0.1) is 0 Å². The van der Waals surface area contributed by atoms with Gasteiger partial charge in [0.05, 0.1) is 0 Å². The second kappa shape index (κ2) is 4.88. The molecule has 0 unspecified atom stereocenters. The first-order valence-electron chi connectivity index (χ1n) is 3.05. The minimum absolute atomic E-state index is 0. The van der Waals surface area contributed by atoms with Crippen molar-refractivity contribution in [3.63, 3.8) is 0 Å². The standard InChI is InChI=1S/C8H9.Ag/c1-2-8-6-4-3-5-7-8;/h6H,3-5,7H2;/q-1;+1. The van der Waals surface area contributed by atoms with Crippen molar-refractivity contribution in [2.75, 3.05) is 0 Å². The molecule has 9 heavy (non-hydrogen) atoms. The Morgan fingerprint density at radius 1 is 1.44 bits per heavy atom. The number of hydrogen-bond acceptors (Lipinski definition) is 0. The third kappa shape index (κ3) is 2.91. The first-order chi connectivity index (χ1) is 3.93. The summed E-state index contributed by atoms with van der Waals surface area (Å²) in [5, 5.41) is 0.